The summed E-state index contributed by atoms with van der Waals surface area (Å²) in [6.45, 7) is 9.47. The lowest BCUT2D eigenvalue weighted by molar-refractivity contribution is -0.121. The summed E-state index contributed by atoms with van der Waals surface area (Å²) in [7, 11) is 0. The number of hydrogen-bond donors (Lipinski definition) is 1. The van der Waals surface area contributed by atoms with Gasteiger partial charge in [-0.25, -0.2) is 0 Å². The highest BCUT2D eigenvalue weighted by Gasteiger charge is 2.27. The van der Waals surface area contributed by atoms with Crippen molar-refractivity contribution in [3.05, 3.63) is 34.4 Å². The average molecular weight is 434 g/mol. The summed E-state index contributed by atoms with van der Waals surface area (Å²) >= 11 is 6.47. The molecule has 1 amide bonds. The number of aromatic nitrogens is 3. The van der Waals surface area contributed by atoms with Crippen molar-refractivity contribution >= 4 is 17.5 Å². The Morgan fingerprint density at radius 3 is 2.70 bits per heavy atom. The molecule has 0 radical (unpaired) electrons. The molecule has 0 bridgehead atoms. The third-order valence-corrected chi connectivity index (χ3v) is 6.02. The van der Waals surface area contributed by atoms with Crippen LogP contribution in [0.2, 0.25) is 5.02 Å². The Bertz CT molecular complexity index is 930. The molecule has 0 saturated heterocycles. The van der Waals surface area contributed by atoms with Crippen LogP contribution in [0, 0.1) is 5.92 Å². The van der Waals surface area contributed by atoms with Crippen LogP contribution in [0.15, 0.2) is 12.1 Å². The van der Waals surface area contributed by atoms with E-state index in [2.05, 4.69) is 38.8 Å². The topological polar surface area (TPSA) is 81.5 Å². The summed E-state index contributed by atoms with van der Waals surface area (Å²) in [6.07, 6.45) is 1.25. The van der Waals surface area contributed by atoms with Crippen LogP contribution in [0.4, 0.5) is 0 Å². The van der Waals surface area contributed by atoms with E-state index in [9.17, 15) is 4.79 Å². The van der Waals surface area contributed by atoms with E-state index in [4.69, 9.17) is 21.1 Å². The van der Waals surface area contributed by atoms with Crippen LogP contribution in [-0.4, -0.2) is 45.5 Å². The van der Waals surface area contributed by atoms with Crippen LogP contribution in [-0.2, 0) is 24.3 Å². The van der Waals surface area contributed by atoms with Crippen LogP contribution in [0.25, 0.3) is 0 Å². The van der Waals surface area contributed by atoms with Crippen molar-refractivity contribution in [2.45, 2.75) is 52.7 Å². The van der Waals surface area contributed by atoms with E-state index in [1.165, 1.54) is 0 Å². The second-order valence-electron chi connectivity index (χ2n) is 8.09. The van der Waals surface area contributed by atoms with Crippen molar-refractivity contribution < 1.29 is 14.3 Å². The van der Waals surface area contributed by atoms with Gasteiger partial charge >= 0.3 is 0 Å². The highest BCUT2D eigenvalue weighted by atomic mass is 35.5. The predicted octanol–water partition coefficient (Wildman–Crippen LogP) is 2.94. The number of hydrogen-bond acceptors (Lipinski definition) is 6. The van der Waals surface area contributed by atoms with Gasteiger partial charge in [-0.15, -0.1) is 10.2 Å². The summed E-state index contributed by atoms with van der Waals surface area (Å²) in [5.74, 6) is 3.49. The first-order chi connectivity index (χ1) is 14.5. The van der Waals surface area contributed by atoms with Crippen molar-refractivity contribution in [1.82, 2.24) is 25.0 Å². The molecule has 3 heterocycles. The molecule has 0 saturated carbocycles. The van der Waals surface area contributed by atoms with Gasteiger partial charge in [0.05, 0.1) is 6.04 Å². The lowest BCUT2D eigenvalue weighted by Gasteiger charge is -2.23. The number of nitrogens with one attached hydrogen (secondary N) is 1. The molecule has 2 aliphatic rings. The molecule has 0 fully saturated rings. The summed E-state index contributed by atoms with van der Waals surface area (Å²) in [6, 6.07) is 3.65. The molecule has 0 spiro atoms. The van der Waals surface area contributed by atoms with Crippen LogP contribution in [0.5, 0.6) is 11.5 Å². The van der Waals surface area contributed by atoms with Gasteiger partial charge in [0.1, 0.15) is 5.82 Å². The van der Waals surface area contributed by atoms with Crippen molar-refractivity contribution in [2.24, 2.45) is 5.92 Å². The molecule has 30 heavy (non-hydrogen) atoms. The summed E-state index contributed by atoms with van der Waals surface area (Å²) in [5.41, 5.74) is 1.02. The van der Waals surface area contributed by atoms with E-state index in [0.29, 0.717) is 17.2 Å². The highest BCUT2D eigenvalue weighted by molar-refractivity contribution is 6.31. The zero-order valence-electron chi connectivity index (χ0n) is 17.7. The summed E-state index contributed by atoms with van der Waals surface area (Å²) in [5, 5.41) is 12.7. The van der Waals surface area contributed by atoms with E-state index in [-0.39, 0.29) is 24.7 Å². The van der Waals surface area contributed by atoms with E-state index in [1.54, 1.807) is 0 Å². The smallest absolute Gasteiger partial charge is 0.231 e. The number of halogens is 1. The van der Waals surface area contributed by atoms with Gasteiger partial charge in [-0.3, -0.25) is 9.69 Å². The van der Waals surface area contributed by atoms with Crippen molar-refractivity contribution in [3.63, 3.8) is 0 Å². The van der Waals surface area contributed by atoms with Crippen LogP contribution >= 0.6 is 11.6 Å². The maximum absolute atomic E-state index is 12.0. The molecule has 9 heteroatoms. The lowest BCUT2D eigenvalue weighted by Crippen LogP contribution is -2.34. The minimum absolute atomic E-state index is 0.0266. The molecule has 8 nitrogen and oxygen atoms in total. The normalized spacial score (nSPS) is 17.0. The molecule has 1 atom stereocenters. The van der Waals surface area contributed by atoms with Gasteiger partial charge in [0.25, 0.3) is 0 Å². The Balaban J connectivity index is 1.48. The van der Waals surface area contributed by atoms with E-state index >= 15 is 0 Å². The monoisotopic (exact) mass is 433 g/mol. The van der Waals surface area contributed by atoms with Gasteiger partial charge in [-0.2, -0.15) is 0 Å². The van der Waals surface area contributed by atoms with Crippen molar-refractivity contribution in [3.8, 4) is 11.5 Å². The largest absolute Gasteiger partial charge is 0.454 e. The molecular formula is C21H28ClN5O3. The molecule has 1 aromatic heterocycles. The predicted molar refractivity (Wildman–Crippen MR) is 113 cm³/mol. The van der Waals surface area contributed by atoms with Crippen molar-refractivity contribution in [2.75, 3.05) is 19.9 Å². The second kappa shape index (κ2) is 8.81. The third-order valence-electron chi connectivity index (χ3n) is 5.67. The minimum atomic E-state index is -0.145. The summed E-state index contributed by atoms with van der Waals surface area (Å²) < 4.78 is 13.1. The Kier molecular flexibility index (Phi) is 6.15. The Morgan fingerprint density at radius 2 is 1.97 bits per heavy atom. The molecule has 1 aromatic carbocycles. The van der Waals surface area contributed by atoms with E-state index in [1.807, 2.05) is 19.1 Å². The number of carbonyl (C=O) groups excluding carboxylic acids is 1. The molecule has 0 aliphatic carbocycles. The third kappa shape index (κ3) is 4.25. The first kappa shape index (κ1) is 20.9. The standard InChI is InChI=1S/C21H28ClN5O3/c1-4-19(28)23-20(13(2)3)21-25-24-18-5-6-26(7-8-27(18)21)11-14-9-16-17(10-15(14)22)30-12-29-16/h9-10,13,20H,4-8,11-12H2,1-3H3,(H,23,28)/t20-/m1/s1. The van der Waals surface area contributed by atoms with Gasteiger partial charge in [0.2, 0.25) is 12.7 Å². The Labute approximate surface area is 181 Å². The molecular weight excluding hydrogens is 406 g/mol. The van der Waals surface area contributed by atoms with E-state index < -0.39 is 0 Å². The first-order valence-corrected chi connectivity index (χ1v) is 10.9. The zero-order valence-corrected chi connectivity index (χ0v) is 18.4. The fourth-order valence-electron chi connectivity index (χ4n) is 3.90. The molecule has 162 valence electrons. The second-order valence-corrected chi connectivity index (χ2v) is 8.50. The fourth-order valence-corrected chi connectivity index (χ4v) is 4.12. The van der Waals surface area contributed by atoms with Gasteiger partial charge in [0.15, 0.2) is 17.3 Å². The van der Waals surface area contributed by atoms with Crippen LogP contribution < -0.4 is 14.8 Å². The van der Waals surface area contributed by atoms with Crippen LogP contribution in [0.3, 0.4) is 0 Å². The number of benzene rings is 1. The highest BCUT2D eigenvalue weighted by Crippen LogP contribution is 2.37. The maximum atomic E-state index is 12.0. The number of rotatable bonds is 6. The minimum Gasteiger partial charge on any atom is -0.454 e. The Morgan fingerprint density at radius 1 is 1.20 bits per heavy atom. The quantitative estimate of drug-likeness (QED) is 0.754. The summed E-state index contributed by atoms with van der Waals surface area (Å²) in [4.78, 5) is 14.4. The van der Waals surface area contributed by atoms with Gasteiger partial charge < -0.3 is 19.4 Å². The molecule has 4 rings (SSSR count). The molecule has 0 unspecified atom stereocenters. The number of nitrogens with zero attached hydrogens (tertiary/aromatic N) is 4. The number of carbonyl (C=O) groups is 1. The number of ether oxygens (including phenoxy) is 2. The van der Waals surface area contributed by atoms with Gasteiger partial charge in [-0.05, 0) is 17.5 Å². The molecule has 1 N–H and O–H groups in total. The molecule has 2 aromatic rings. The van der Waals surface area contributed by atoms with Gasteiger partial charge in [-0.1, -0.05) is 32.4 Å². The fraction of sp³-hybridized carbons (Fsp3) is 0.571. The van der Waals surface area contributed by atoms with Gasteiger partial charge in [0, 0.05) is 50.1 Å². The first-order valence-electron chi connectivity index (χ1n) is 10.5. The number of fused-ring (bicyclic) bond motifs is 2. The Hall–Kier alpha value is -2.32. The average Bonchev–Trinajstić information content (AvgIpc) is 3.28. The van der Waals surface area contributed by atoms with Crippen molar-refractivity contribution in [1.29, 1.82) is 0 Å². The molecule has 2 aliphatic heterocycles. The van der Waals surface area contributed by atoms with E-state index in [0.717, 1.165) is 55.6 Å². The zero-order chi connectivity index (χ0) is 21.3. The SMILES string of the molecule is CCC(=O)N[C@@H](c1nnc2n1CCN(Cc1cc3c(cc1Cl)OCO3)CC2)C(C)C. The maximum Gasteiger partial charge on any atom is 0.231 e. The number of amides is 1. The lowest BCUT2D eigenvalue weighted by atomic mass is 10.0. The van der Waals surface area contributed by atoms with Crippen LogP contribution in [0.1, 0.15) is 50.4 Å².